The van der Waals surface area contributed by atoms with Gasteiger partial charge in [0.15, 0.2) is 0 Å². The van der Waals surface area contributed by atoms with Gasteiger partial charge in [-0.2, -0.15) is 0 Å². The fraction of sp³-hybridized carbons (Fsp3) is 0.267. The summed E-state index contributed by atoms with van der Waals surface area (Å²) < 4.78 is 0. The number of anilines is 1. The SMILES string of the molecule is O=C(O)c1ccc(N(CCCC2CCCC2)C(=O)c2ccc(C#Cc3ccc(Cl)cc3)cc2)cc1[O-]. The van der Waals surface area contributed by atoms with Gasteiger partial charge in [-0.1, -0.05) is 54.9 Å². The third kappa shape index (κ3) is 6.47. The van der Waals surface area contributed by atoms with E-state index in [-0.39, 0.29) is 11.5 Å². The number of carbonyl (C=O) groups is 2. The normalized spacial score (nSPS) is 13.1. The van der Waals surface area contributed by atoms with Gasteiger partial charge in [-0.15, -0.1) is 0 Å². The molecule has 0 radical (unpaired) electrons. The maximum Gasteiger partial charge on any atom is 0.335 e. The molecule has 0 unspecified atom stereocenters. The molecule has 0 bridgehead atoms. The zero-order valence-corrected chi connectivity index (χ0v) is 20.6. The maximum absolute atomic E-state index is 13.5. The molecule has 0 saturated heterocycles. The number of aromatic carboxylic acids is 1. The van der Waals surface area contributed by atoms with Gasteiger partial charge in [-0.3, -0.25) is 4.79 Å². The van der Waals surface area contributed by atoms with Gasteiger partial charge in [0.2, 0.25) is 0 Å². The van der Waals surface area contributed by atoms with Crippen molar-refractivity contribution in [3.63, 3.8) is 0 Å². The van der Waals surface area contributed by atoms with Crippen molar-refractivity contribution in [1.82, 2.24) is 0 Å². The van der Waals surface area contributed by atoms with Gasteiger partial charge < -0.3 is 15.1 Å². The van der Waals surface area contributed by atoms with E-state index in [1.54, 1.807) is 41.3 Å². The van der Waals surface area contributed by atoms with Crippen molar-refractivity contribution in [2.45, 2.75) is 38.5 Å². The molecule has 1 amide bonds. The number of hydrogen-bond acceptors (Lipinski definition) is 3. The third-order valence-corrected chi connectivity index (χ3v) is 6.80. The van der Waals surface area contributed by atoms with Crippen LogP contribution in [-0.4, -0.2) is 23.5 Å². The lowest BCUT2D eigenvalue weighted by atomic mass is 10.0. The molecule has 0 aromatic heterocycles. The summed E-state index contributed by atoms with van der Waals surface area (Å²) in [6.45, 7) is 0.458. The summed E-state index contributed by atoms with van der Waals surface area (Å²) in [5, 5.41) is 22.2. The number of halogens is 1. The highest BCUT2D eigenvalue weighted by Gasteiger charge is 2.20. The second-order valence-electron chi connectivity index (χ2n) is 9.07. The van der Waals surface area contributed by atoms with Crippen LogP contribution in [0.3, 0.4) is 0 Å². The zero-order chi connectivity index (χ0) is 25.5. The molecule has 3 aromatic carbocycles. The van der Waals surface area contributed by atoms with Gasteiger partial charge in [0.1, 0.15) is 0 Å². The van der Waals surface area contributed by atoms with Crippen molar-refractivity contribution in [3.05, 3.63) is 94.0 Å². The Morgan fingerprint density at radius 3 is 2.14 bits per heavy atom. The number of nitrogens with zero attached hydrogens (tertiary/aromatic N) is 1. The van der Waals surface area contributed by atoms with Crippen LogP contribution in [-0.2, 0) is 0 Å². The Morgan fingerprint density at radius 2 is 1.56 bits per heavy atom. The molecule has 5 nitrogen and oxygen atoms in total. The fourth-order valence-electron chi connectivity index (χ4n) is 4.57. The Balaban J connectivity index is 1.53. The smallest absolute Gasteiger partial charge is 0.335 e. The average molecular weight is 501 g/mol. The van der Waals surface area contributed by atoms with Crippen LogP contribution in [0.4, 0.5) is 5.69 Å². The van der Waals surface area contributed by atoms with E-state index in [0.717, 1.165) is 24.0 Å². The molecule has 3 aromatic rings. The lowest BCUT2D eigenvalue weighted by Crippen LogP contribution is -2.32. The first-order chi connectivity index (χ1) is 17.4. The number of carboxylic acid groups (broad SMARTS) is 1. The van der Waals surface area contributed by atoms with E-state index in [1.165, 1.54) is 43.9 Å². The molecule has 184 valence electrons. The molecule has 0 spiro atoms. The molecule has 1 N–H and O–H groups in total. The molecule has 1 aliphatic carbocycles. The van der Waals surface area contributed by atoms with Crippen molar-refractivity contribution in [2.24, 2.45) is 5.92 Å². The highest BCUT2D eigenvalue weighted by molar-refractivity contribution is 6.30. The van der Waals surface area contributed by atoms with Gasteiger partial charge in [-0.05, 0) is 85.5 Å². The fourth-order valence-corrected chi connectivity index (χ4v) is 4.70. The summed E-state index contributed by atoms with van der Waals surface area (Å²) in [5.41, 5.74) is 2.18. The first-order valence-electron chi connectivity index (χ1n) is 12.1. The van der Waals surface area contributed by atoms with Crippen LogP contribution in [0.5, 0.6) is 5.75 Å². The van der Waals surface area contributed by atoms with Gasteiger partial charge in [0.25, 0.3) is 5.91 Å². The summed E-state index contributed by atoms with van der Waals surface area (Å²) in [5.74, 6) is 4.72. The van der Waals surface area contributed by atoms with Crippen LogP contribution in [0.2, 0.25) is 5.02 Å². The molecule has 1 saturated carbocycles. The van der Waals surface area contributed by atoms with E-state index in [2.05, 4.69) is 11.8 Å². The number of carbonyl (C=O) groups excluding carboxylic acids is 1. The number of amides is 1. The van der Waals surface area contributed by atoms with Crippen molar-refractivity contribution < 1.29 is 19.8 Å². The minimum absolute atomic E-state index is 0.235. The Kier molecular flexibility index (Phi) is 8.30. The van der Waals surface area contributed by atoms with Crippen LogP contribution >= 0.6 is 11.6 Å². The predicted molar refractivity (Wildman–Crippen MR) is 140 cm³/mol. The first kappa shape index (κ1) is 25.3. The minimum Gasteiger partial charge on any atom is -0.872 e. The van der Waals surface area contributed by atoms with E-state index in [9.17, 15) is 19.8 Å². The van der Waals surface area contributed by atoms with E-state index < -0.39 is 11.7 Å². The summed E-state index contributed by atoms with van der Waals surface area (Å²) >= 11 is 5.91. The summed E-state index contributed by atoms with van der Waals surface area (Å²) in [6.07, 6.45) is 6.82. The Bertz CT molecular complexity index is 1280. The number of hydrogen-bond donors (Lipinski definition) is 1. The van der Waals surface area contributed by atoms with Gasteiger partial charge in [-0.25, -0.2) is 4.79 Å². The third-order valence-electron chi connectivity index (χ3n) is 6.55. The topological polar surface area (TPSA) is 80.7 Å². The number of rotatable bonds is 7. The first-order valence-corrected chi connectivity index (χ1v) is 12.5. The van der Waals surface area contributed by atoms with Crippen LogP contribution in [0.1, 0.15) is 70.4 Å². The van der Waals surface area contributed by atoms with Gasteiger partial charge >= 0.3 is 5.97 Å². The Hall–Kier alpha value is -3.75. The van der Waals surface area contributed by atoms with Crippen LogP contribution < -0.4 is 10.0 Å². The summed E-state index contributed by atoms with van der Waals surface area (Å²) in [6, 6.07) is 18.3. The van der Waals surface area contributed by atoms with Crippen molar-refractivity contribution in [1.29, 1.82) is 0 Å². The van der Waals surface area contributed by atoms with E-state index >= 15 is 0 Å². The van der Waals surface area contributed by atoms with Crippen LogP contribution in [0, 0.1) is 17.8 Å². The van der Waals surface area contributed by atoms with Crippen molar-refractivity contribution in [2.75, 3.05) is 11.4 Å². The molecule has 0 heterocycles. The highest BCUT2D eigenvalue weighted by atomic mass is 35.5. The Morgan fingerprint density at radius 1 is 0.944 bits per heavy atom. The van der Waals surface area contributed by atoms with Crippen LogP contribution in [0.15, 0.2) is 66.7 Å². The van der Waals surface area contributed by atoms with E-state index in [4.69, 9.17) is 11.6 Å². The molecular weight excluding hydrogens is 474 g/mol. The lowest BCUT2D eigenvalue weighted by Gasteiger charge is -2.25. The average Bonchev–Trinajstić information content (AvgIpc) is 3.40. The largest absolute Gasteiger partial charge is 0.872 e. The van der Waals surface area contributed by atoms with Gasteiger partial charge in [0.05, 0.1) is 5.56 Å². The summed E-state index contributed by atoms with van der Waals surface area (Å²) in [4.78, 5) is 26.3. The molecule has 0 aliphatic heterocycles. The predicted octanol–water partition coefficient (Wildman–Crippen LogP) is 6.13. The number of carboxylic acids is 1. The molecule has 1 aliphatic rings. The van der Waals surface area contributed by atoms with Crippen molar-refractivity contribution in [3.8, 4) is 17.6 Å². The highest BCUT2D eigenvalue weighted by Crippen LogP contribution is 2.30. The Labute approximate surface area is 216 Å². The van der Waals surface area contributed by atoms with Crippen LogP contribution in [0.25, 0.3) is 0 Å². The monoisotopic (exact) mass is 500 g/mol. The molecule has 4 rings (SSSR count). The van der Waals surface area contributed by atoms with Crippen molar-refractivity contribution >= 4 is 29.2 Å². The molecule has 1 fully saturated rings. The van der Waals surface area contributed by atoms with Gasteiger partial charge in [0, 0.05) is 33.9 Å². The zero-order valence-electron chi connectivity index (χ0n) is 19.9. The lowest BCUT2D eigenvalue weighted by molar-refractivity contribution is -0.268. The summed E-state index contributed by atoms with van der Waals surface area (Å²) in [7, 11) is 0. The molecular formula is C30H27ClNO4-. The quantitative estimate of drug-likeness (QED) is 0.396. The molecule has 36 heavy (non-hydrogen) atoms. The standard InChI is InChI=1S/C30H28ClNO4/c31-25-15-11-23(12-16-25)8-7-22-9-13-24(14-10-22)29(34)32(19-3-6-21-4-1-2-5-21)26-17-18-27(30(35)36)28(33)20-26/h9-18,20-21,33H,1-6,19H2,(H,35,36)/p-1. The minimum atomic E-state index is -1.28. The second-order valence-corrected chi connectivity index (χ2v) is 9.51. The number of benzene rings is 3. The maximum atomic E-state index is 13.5. The second kappa shape index (κ2) is 11.8. The van der Waals surface area contributed by atoms with E-state index in [0.29, 0.717) is 28.7 Å². The molecule has 6 heteroatoms. The molecule has 0 atom stereocenters. The van der Waals surface area contributed by atoms with E-state index in [1.807, 2.05) is 12.1 Å².